The first kappa shape index (κ1) is 12.3. The van der Waals surface area contributed by atoms with Crippen LogP contribution in [0.4, 0.5) is 0 Å². The van der Waals surface area contributed by atoms with Gasteiger partial charge in [-0.05, 0) is 31.2 Å². The number of carboxylic acids is 1. The lowest BCUT2D eigenvalue weighted by Crippen LogP contribution is -1.95. The predicted octanol–water partition coefficient (Wildman–Crippen LogP) is 4.23. The normalized spacial score (nSPS) is 10.7. The first-order valence-electron chi connectivity index (χ1n) is 6.15. The largest absolute Gasteiger partial charge is 0.475 e. The Labute approximate surface area is 115 Å². The number of aryl methyl sites for hydroxylation is 1. The van der Waals surface area contributed by atoms with Crippen molar-refractivity contribution in [2.75, 3.05) is 0 Å². The van der Waals surface area contributed by atoms with E-state index in [2.05, 4.69) is 0 Å². The van der Waals surface area contributed by atoms with E-state index < -0.39 is 5.97 Å². The van der Waals surface area contributed by atoms with E-state index in [-0.39, 0.29) is 5.76 Å². The summed E-state index contributed by atoms with van der Waals surface area (Å²) in [5, 5.41) is 9.80. The van der Waals surface area contributed by atoms with E-state index in [1.54, 1.807) is 25.1 Å². The maximum atomic E-state index is 11.1. The zero-order valence-corrected chi connectivity index (χ0v) is 10.8. The standard InChI is InChI=1S/C16H12O4/c1-10-14-12(19-11-6-3-2-4-7-11)8-5-9-13(14)20-15(10)16(17)18/h2-9H,1H3,(H,17,18). The van der Waals surface area contributed by atoms with Crippen LogP contribution < -0.4 is 4.74 Å². The smallest absolute Gasteiger partial charge is 0.372 e. The zero-order valence-electron chi connectivity index (χ0n) is 10.8. The molecule has 1 N–H and O–H groups in total. The van der Waals surface area contributed by atoms with Crippen LogP contribution in [0.3, 0.4) is 0 Å². The number of hydrogen-bond donors (Lipinski definition) is 1. The van der Waals surface area contributed by atoms with Gasteiger partial charge in [-0.1, -0.05) is 24.3 Å². The highest BCUT2D eigenvalue weighted by Crippen LogP contribution is 2.35. The van der Waals surface area contributed by atoms with E-state index >= 15 is 0 Å². The molecule has 0 atom stereocenters. The summed E-state index contributed by atoms with van der Waals surface area (Å²) in [5.41, 5.74) is 1.08. The van der Waals surface area contributed by atoms with Gasteiger partial charge in [0.15, 0.2) is 0 Å². The van der Waals surface area contributed by atoms with E-state index in [4.69, 9.17) is 14.3 Å². The number of carbonyl (C=O) groups is 1. The number of hydrogen-bond acceptors (Lipinski definition) is 3. The van der Waals surface area contributed by atoms with Crippen molar-refractivity contribution in [3.8, 4) is 11.5 Å². The van der Waals surface area contributed by atoms with Gasteiger partial charge in [0.05, 0.1) is 5.39 Å². The molecule has 3 rings (SSSR count). The summed E-state index contributed by atoms with van der Waals surface area (Å²) in [6.07, 6.45) is 0. The van der Waals surface area contributed by atoms with E-state index in [1.165, 1.54) is 0 Å². The molecule has 0 spiro atoms. The zero-order chi connectivity index (χ0) is 14.1. The van der Waals surface area contributed by atoms with Crippen molar-refractivity contribution in [1.82, 2.24) is 0 Å². The van der Waals surface area contributed by atoms with Crippen molar-refractivity contribution in [2.24, 2.45) is 0 Å². The van der Waals surface area contributed by atoms with Crippen molar-refractivity contribution in [1.29, 1.82) is 0 Å². The molecule has 100 valence electrons. The van der Waals surface area contributed by atoms with Gasteiger partial charge in [0.2, 0.25) is 5.76 Å². The molecule has 4 nitrogen and oxygen atoms in total. The number of fused-ring (bicyclic) bond motifs is 1. The SMILES string of the molecule is Cc1c(C(=O)O)oc2cccc(Oc3ccccc3)c12. The molecule has 0 unspecified atom stereocenters. The summed E-state index contributed by atoms with van der Waals surface area (Å²) in [5.74, 6) is 0.147. The van der Waals surface area contributed by atoms with Crippen LogP contribution in [0.5, 0.6) is 11.5 Å². The minimum absolute atomic E-state index is 0.0517. The van der Waals surface area contributed by atoms with E-state index in [0.717, 1.165) is 0 Å². The Balaban J connectivity index is 2.14. The predicted molar refractivity (Wildman–Crippen MR) is 74.4 cm³/mol. The molecule has 1 aromatic heterocycles. The van der Waals surface area contributed by atoms with Gasteiger partial charge in [0.1, 0.15) is 17.1 Å². The van der Waals surface area contributed by atoms with Crippen LogP contribution in [-0.2, 0) is 0 Å². The number of carboxylic acid groups (broad SMARTS) is 1. The number of para-hydroxylation sites is 1. The molecule has 4 heteroatoms. The molecule has 0 bridgehead atoms. The van der Waals surface area contributed by atoms with Crippen LogP contribution in [0, 0.1) is 6.92 Å². The van der Waals surface area contributed by atoms with E-state index in [9.17, 15) is 4.79 Å². The van der Waals surface area contributed by atoms with Crippen molar-refractivity contribution in [3.05, 3.63) is 59.9 Å². The number of rotatable bonds is 3. The number of benzene rings is 2. The third-order valence-electron chi connectivity index (χ3n) is 3.08. The van der Waals surface area contributed by atoms with Crippen LogP contribution in [0.15, 0.2) is 52.9 Å². The van der Waals surface area contributed by atoms with Gasteiger partial charge in [-0.25, -0.2) is 4.79 Å². The van der Waals surface area contributed by atoms with Crippen LogP contribution in [0.1, 0.15) is 16.1 Å². The second kappa shape index (κ2) is 4.74. The summed E-state index contributed by atoms with van der Waals surface area (Å²) in [4.78, 5) is 11.1. The van der Waals surface area contributed by atoms with Crippen molar-refractivity contribution in [3.63, 3.8) is 0 Å². The minimum Gasteiger partial charge on any atom is -0.475 e. The molecule has 0 fully saturated rings. The van der Waals surface area contributed by atoms with Gasteiger partial charge >= 0.3 is 5.97 Å². The number of furan rings is 1. The van der Waals surface area contributed by atoms with E-state index in [0.29, 0.717) is 28.0 Å². The molecule has 0 amide bonds. The van der Waals surface area contributed by atoms with Crippen molar-refractivity contribution >= 4 is 16.9 Å². The second-order valence-electron chi connectivity index (χ2n) is 4.41. The number of aromatic carboxylic acids is 1. The molecule has 2 aromatic carbocycles. The third-order valence-corrected chi connectivity index (χ3v) is 3.08. The molecular formula is C16H12O4. The van der Waals surface area contributed by atoms with Crippen LogP contribution in [-0.4, -0.2) is 11.1 Å². The fourth-order valence-corrected chi connectivity index (χ4v) is 2.17. The van der Waals surface area contributed by atoms with Gasteiger partial charge in [-0.15, -0.1) is 0 Å². The van der Waals surface area contributed by atoms with Crippen LogP contribution in [0.25, 0.3) is 11.0 Å². The highest BCUT2D eigenvalue weighted by Gasteiger charge is 2.19. The third kappa shape index (κ3) is 2.01. The monoisotopic (exact) mass is 268 g/mol. The van der Waals surface area contributed by atoms with Gasteiger partial charge in [0.25, 0.3) is 0 Å². The molecule has 0 aliphatic carbocycles. The lowest BCUT2D eigenvalue weighted by Gasteiger charge is -2.06. The summed E-state index contributed by atoms with van der Waals surface area (Å²) >= 11 is 0. The first-order chi connectivity index (χ1) is 9.66. The molecule has 0 aliphatic heterocycles. The van der Waals surface area contributed by atoms with Crippen molar-refractivity contribution < 1.29 is 19.1 Å². The summed E-state index contributed by atoms with van der Waals surface area (Å²) in [7, 11) is 0. The van der Waals surface area contributed by atoms with Gasteiger partial charge in [-0.3, -0.25) is 0 Å². The Bertz CT molecular complexity index is 772. The maximum Gasteiger partial charge on any atom is 0.372 e. The molecular weight excluding hydrogens is 256 g/mol. The first-order valence-corrected chi connectivity index (χ1v) is 6.15. The van der Waals surface area contributed by atoms with Crippen molar-refractivity contribution in [2.45, 2.75) is 6.92 Å². The lowest BCUT2D eigenvalue weighted by atomic mass is 10.1. The Morgan fingerprint density at radius 3 is 2.55 bits per heavy atom. The van der Waals surface area contributed by atoms with E-state index in [1.807, 2.05) is 30.3 Å². The van der Waals surface area contributed by atoms with Gasteiger partial charge in [-0.2, -0.15) is 0 Å². The molecule has 0 aliphatic rings. The van der Waals surface area contributed by atoms with Crippen LogP contribution >= 0.6 is 0 Å². The highest BCUT2D eigenvalue weighted by atomic mass is 16.5. The molecule has 0 saturated heterocycles. The topological polar surface area (TPSA) is 59.7 Å². The van der Waals surface area contributed by atoms with Gasteiger partial charge < -0.3 is 14.3 Å². The summed E-state index contributed by atoms with van der Waals surface area (Å²) < 4.78 is 11.2. The average molecular weight is 268 g/mol. The Morgan fingerprint density at radius 2 is 1.85 bits per heavy atom. The molecule has 0 saturated carbocycles. The molecule has 3 aromatic rings. The number of ether oxygens (including phenoxy) is 1. The fourth-order valence-electron chi connectivity index (χ4n) is 2.17. The molecule has 0 radical (unpaired) electrons. The Hall–Kier alpha value is -2.75. The lowest BCUT2D eigenvalue weighted by molar-refractivity contribution is 0.0664. The van der Waals surface area contributed by atoms with Gasteiger partial charge in [0, 0.05) is 5.56 Å². The second-order valence-corrected chi connectivity index (χ2v) is 4.41. The average Bonchev–Trinajstić information content (AvgIpc) is 2.79. The quantitative estimate of drug-likeness (QED) is 0.772. The maximum absolute atomic E-state index is 11.1. The van der Waals surface area contributed by atoms with Crippen LogP contribution in [0.2, 0.25) is 0 Å². The Morgan fingerprint density at radius 1 is 1.10 bits per heavy atom. The molecule has 1 heterocycles. The summed E-state index contributed by atoms with van der Waals surface area (Å²) in [6.45, 7) is 1.72. The highest BCUT2D eigenvalue weighted by molar-refractivity contribution is 5.97. The molecule has 20 heavy (non-hydrogen) atoms. The minimum atomic E-state index is -1.08. The fraction of sp³-hybridized carbons (Fsp3) is 0.0625. The Kier molecular flexibility index (Phi) is 2.91. The summed E-state index contributed by atoms with van der Waals surface area (Å²) in [6, 6.07) is 14.6.